The Bertz CT molecular complexity index is 35.2. The fourth-order valence-electron chi connectivity index (χ4n) is 0.390. The second kappa shape index (κ2) is 4.45. The van der Waals surface area contributed by atoms with Gasteiger partial charge in [0, 0.05) is 5.88 Å². The van der Waals surface area contributed by atoms with Crippen molar-refractivity contribution in [3.8, 4) is 0 Å². The van der Waals surface area contributed by atoms with E-state index in [1.165, 1.54) is 6.42 Å². The molecule has 0 N–H and O–H groups in total. The molecule has 0 spiro atoms. The predicted octanol–water partition coefficient (Wildman–Crippen LogP) is 2.66. The van der Waals surface area contributed by atoms with Crippen LogP contribution < -0.4 is 0 Å². The van der Waals surface area contributed by atoms with Gasteiger partial charge in [-0.1, -0.05) is 20.3 Å². The normalized spacial score (nSPS) is 14.1. The maximum absolute atomic E-state index is 5.48. The van der Waals surface area contributed by atoms with Crippen LogP contribution in [0.25, 0.3) is 0 Å². The first-order valence-corrected chi connectivity index (χ1v) is 3.40. The highest BCUT2D eigenvalue weighted by Crippen LogP contribution is 2.05. The largest absolute Gasteiger partial charge is 0.127 e. The van der Waals surface area contributed by atoms with Gasteiger partial charge in [0.2, 0.25) is 0 Å². The summed E-state index contributed by atoms with van der Waals surface area (Å²) in [5.74, 6) is 1.63. The lowest BCUT2D eigenvalue weighted by molar-refractivity contribution is 0.547. The highest BCUT2D eigenvalue weighted by molar-refractivity contribution is 6.17. The minimum Gasteiger partial charge on any atom is -0.127 e. The molecule has 1 unspecified atom stereocenters. The second-order valence-corrected chi connectivity index (χ2v) is 2.37. The fraction of sp³-hybridized carbons (Fsp3) is 1.00. The van der Waals surface area contributed by atoms with Gasteiger partial charge < -0.3 is 0 Å². The van der Waals surface area contributed by atoms with E-state index in [9.17, 15) is 0 Å². The molecule has 1 heteroatoms. The summed E-state index contributed by atoms with van der Waals surface area (Å²) in [5, 5.41) is 0. The highest BCUT2D eigenvalue weighted by atomic mass is 35.5. The highest BCUT2D eigenvalue weighted by Gasteiger charge is 1.93. The van der Waals surface area contributed by atoms with Crippen LogP contribution in [-0.4, -0.2) is 5.88 Å². The number of alkyl halides is 1. The van der Waals surface area contributed by atoms with Crippen LogP contribution in [0.4, 0.5) is 0 Å². The second-order valence-electron chi connectivity index (χ2n) is 1.99. The van der Waals surface area contributed by atoms with Crippen molar-refractivity contribution in [1.29, 1.82) is 0 Å². The first kappa shape index (κ1) is 7.29. The maximum atomic E-state index is 5.48. The molecular formula is C6H13Cl. The monoisotopic (exact) mass is 120 g/mol. The molecule has 0 aliphatic rings. The van der Waals surface area contributed by atoms with Crippen LogP contribution >= 0.6 is 11.6 Å². The zero-order valence-corrected chi connectivity index (χ0v) is 5.83. The molecule has 0 aromatic rings. The standard InChI is InChI=1S/C6H13Cl/c1-3-6(2)4-5-7/h6H,3-5H2,1-2H3. The van der Waals surface area contributed by atoms with Gasteiger partial charge in [0.05, 0.1) is 0 Å². The molecule has 0 radical (unpaired) electrons. The minimum absolute atomic E-state index is 0.814. The Morgan fingerprint density at radius 2 is 2.14 bits per heavy atom. The van der Waals surface area contributed by atoms with E-state index in [0.717, 1.165) is 18.2 Å². The lowest BCUT2D eigenvalue weighted by Crippen LogP contribution is -1.90. The zero-order chi connectivity index (χ0) is 5.70. The Balaban J connectivity index is 2.83. The zero-order valence-electron chi connectivity index (χ0n) is 5.08. The molecule has 0 aliphatic carbocycles. The number of rotatable bonds is 3. The summed E-state index contributed by atoms with van der Waals surface area (Å²) in [6, 6.07) is 0. The molecule has 0 bridgehead atoms. The Morgan fingerprint density at radius 1 is 1.57 bits per heavy atom. The average Bonchev–Trinajstić information content (AvgIpc) is 1.68. The van der Waals surface area contributed by atoms with Crippen molar-refractivity contribution in [3.05, 3.63) is 0 Å². The lowest BCUT2D eigenvalue weighted by Gasteiger charge is -2.01. The minimum atomic E-state index is 0.814. The van der Waals surface area contributed by atoms with E-state index < -0.39 is 0 Å². The number of hydrogen-bond acceptors (Lipinski definition) is 0. The summed E-state index contributed by atoms with van der Waals surface area (Å²) in [6.45, 7) is 4.42. The third-order valence-corrected chi connectivity index (χ3v) is 1.52. The molecule has 1 atom stereocenters. The fourth-order valence-corrected chi connectivity index (χ4v) is 0.763. The van der Waals surface area contributed by atoms with Gasteiger partial charge in [-0.05, 0) is 12.3 Å². The van der Waals surface area contributed by atoms with Gasteiger partial charge in [0.15, 0.2) is 0 Å². The summed E-state index contributed by atoms with van der Waals surface area (Å²) in [5.41, 5.74) is 0. The molecular weight excluding hydrogens is 108 g/mol. The van der Waals surface area contributed by atoms with Crippen molar-refractivity contribution in [1.82, 2.24) is 0 Å². The lowest BCUT2D eigenvalue weighted by atomic mass is 10.1. The van der Waals surface area contributed by atoms with E-state index in [1.54, 1.807) is 0 Å². The molecule has 0 aliphatic heterocycles. The van der Waals surface area contributed by atoms with Crippen molar-refractivity contribution in [3.63, 3.8) is 0 Å². The van der Waals surface area contributed by atoms with Gasteiger partial charge in [-0.2, -0.15) is 0 Å². The average molecular weight is 121 g/mol. The molecule has 0 amide bonds. The van der Waals surface area contributed by atoms with Gasteiger partial charge in [-0.3, -0.25) is 0 Å². The topological polar surface area (TPSA) is 0 Å². The van der Waals surface area contributed by atoms with Crippen LogP contribution in [0.1, 0.15) is 26.7 Å². The SMILES string of the molecule is CCC(C)CCCl. The van der Waals surface area contributed by atoms with E-state index in [2.05, 4.69) is 13.8 Å². The van der Waals surface area contributed by atoms with Crippen LogP contribution in [0.15, 0.2) is 0 Å². The van der Waals surface area contributed by atoms with Gasteiger partial charge in [-0.15, -0.1) is 11.6 Å². The van der Waals surface area contributed by atoms with Gasteiger partial charge in [-0.25, -0.2) is 0 Å². The molecule has 0 aromatic heterocycles. The van der Waals surface area contributed by atoms with E-state index in [-0.39, 0.29) is 0 Å². The third-order valence-electron chi connectivity index (χ3n) is 1.30. The maximum Gasteiger partial charge on any atom is 0.0225 e. The van der Waals surface area contributed by atoms with Crippen molar-refractivity contribution in [2.24, 2.45) is 5.92 Å². The van der Waals surface area contributed by atoms with E-state index in [4.69, 9.17) is 11.6 Å². The van der Waals surface area contributed by atoms with Crippen LogP contribution in [-0.2, 0) is 0 Å². The Morgan fingerprint density at radius 3 is 2.29 bits per heavy atom. The van der Waals surface area contributed by atoms with E-state index >= 15 is 0 Å². The number of hydrogen-bond donors (Lipinski definition) is 0. The number of halogens is 1. The Kier molecular flexibility index (Phi) is 4.63. The molecule has 0 aromatic carbocycles. The van der Waals surface area contributed by atoms with Crippen molar-refractivity contribution in [2.45, 2.75) is 26.7 Å². The molecule has 44 valence electrons. The van der Waals surface area contributed by atoms with Crippen molar-refractivity contribution < 1.29 is 0 Å². The predicted molar refractivity (Wildman–Crippen MR) is 34.8 cm³/mol. The van der Waals surface area contributed by atoms with Gasteiger partial charge in [0.1, 0.15) is 0 Å². The smallest absolute Gasteiger partial charge is 0.0225 e. The molecule has 0 saturated heterocycles. The van der Waals surface area contributed by atoms with E-state index in [1.807, 2.05) is 0 Å². The molecule has 0 nitrogen and oxygen atoms in total. The van der Waals surface area contributed by atoms with Crippen LogP contribution in [0, 0.1) is 5.92 Å². The van der Waals surface area contributed by atoms with Gasteiger partial charge in [0.25, 0.3) is 0 Å². The van der Waals surface area contributed by atoms with Gasteiger partial charge >= 0.3 is 0 Å². The van der Waals surface area contributed by atoms with Crippen LogP contribution in [0.5, 0.6) is 0 Å². The first-order chi connectivity index (χ1) is 3.31. The third kappa shape index (κ3) is 4.14. The summed E-state index contributed by atoms with van der Waals surface area (Å²) >= 11 is 5.48. The Labute approximate surface area is 50.9 Å². The molecule has 0 rings (SSSR count). The van der Waals surface area contributed by atoms with Crippen LogP contribution in [0.2, 0.25) is 0 Å². The summed E-state index contributed by atoms with van der Waals surface area (Å²) in [7, 11) is 0. The quantitative estimate of drug-likeness (QED) is 0.503. The summed E-state index contributed by atoms with van der Waals surface area (Å²) < 4.78 is 0. The van der Waals surface area contributed by atoms with E-state index in [0.29, 0.717) is 0 Å². The molecule has 0 saturated carbocycles. The molecule has 0 fully saturated rings. The summed E-state index contributed by atoms with van der Waals surface area (Å²) in [4.78, 5) is 0. The first-order valence-electron chi connectivity index (χ1n) is 2.87. The van der Waals surface area contributed by atoms with Crippen molar-refractivity contribution >= 4 is 11.6 Å². The van der Waals surface area contributed by atoms with Crippen molar-refractivity contribution in [2.75, 3.05) is 5.88 Å². The van der Waals surface area contributed by atoms with Crippen LogP contribution in [0.3, 0.4) is 0 Å². The molecule has 0 heterocycles. The Hall–Kier alpha value is 0.290. The summed E-state index contributed by atoms with van der Waals surface area (Å²) in [6.07, 6.45) is 2.42. The molecule has 7 heavy (non-hydrogen) atoms.